The van der Waals surface area contributed by atoms with E-state index < -0.39 is 40.4 Å². The predicted octanol–water partition coefficient (Wildman–Crippen LogP) is -3.84. The third-order valence-corrected chi connectivity index (χ3v) is 8.52. The fourth-order valence-corrected chi connectivity index (χ4v) is 6.70. The molecule has 3 atom stereocenters. The number of carboxylic acid groups (broad SMARTS) is 1. The van der Waals surface area contributed by atoms with Gasteiger partial charge in [0.1, 0.15) is 29.6 Å². The number of aliphatic carboxylic acids is 1. The summed E-state index contributed by atoms with van der Waals surface area (Å²) in [6.45, 7) is 3.59. The van der Waals surface area contributed by atoms with Gasteiger partial charge in [0, 0.05) is 16.4 Å². The third kappa shape index (κ3) is 6.93. The normalized spacial score (nSPS) is 19.4. The third-order valence-electron chi connectivity index (χ3n) is 5.19. The number of thioether (sulfide) groups is 2. The van der Waals surface area contributed by atoms with E-state index in [1.165, 1.54) is 28.9 Å². The SMILES string of the molecule is CCON=C(C(=O)N[C@@H]1C(=O)N2C(C(=O)[O-])=C(C(C)Sc3nn[nH]n3)CS[C@H]12)c1csc(NC(=O)CCl)n1.[Na+]. The number of tetrazole rings is 1. The van der Waals surface area contributed by atoms with Crippen molar-refractivity contribution in [3.63, 3.8) is 0 Å². The van der Waals surface area contributed by atoms with E-state index in [4.69, 9.17) is 16.4 Å². The summed E-state index contributed by atoms with van der Waals surface area (Å²) in [6.07, 6.45) is 0. The van der Waals surface area contributed by atoms with Crippen LogP contribution in [-0.2, 0) is 24.0 Å². The number of fused-ring (bicyclic) bond motifs is 1. The van der Waals surface area contributed by atoms with Crippen molar-refractivity contribution in [2.75, 3.05) is 23.6 Å². The predicted molar refractivity (Wildman–Crippen MR) is 136 cm³/mol. The van der Waals surface area contributed by atoms with E-state index in [1.807, 2.05) is 0 Å². The Kier molecular flexibility index (Phi) is 11.2. The first-order valence-corrected chi connectivity index (χ1v) is 14.2. The maximum atomic E-state index is 13.1. The standard InChI is InChI=1S/C19H20ClN9O6S3.Na/c1-3-35-26-11(9-6-37-18(21-9)22-10(30)4-20)14(31)23-12-15(32)29-13(17(33)34)8(5-36-16(12)29)7(2)38-19-24-27-28-25-19;/h6-7,12,16H,3-5H2,1-2H3,(H,23,31)(H,33,34)(H,21,22,30)(H,24,25,27,28);/q;+1/p-1/t7?,12-,16-;/m1./s1. The number of rotatable bonds is 11. The minimum absolute atomic E-state index is 0. The van der Waals surface area contributed by atoms with Gasteiger partial charge in [0.25, 0.3) is 11.8 Å². The summed E-state index contributed by atoms with van der Waals surface area (Å²) in [5, 5.41) is 35.4. The zero-order valence-corrected chi connectivity index (χ0v) is 25.9. The van der Waals surface area contributed by atoms with Gasteiger partial charge in [-0.25, -0.2) is 4.98 Å². The molecule has 0 saturated carbocycles. The Morgan fingerprint density at radius 3 is 2.85 bits per heavy atom. The van der Waals surface area contributed by atoms with E-state index in [0.29, 0.717) is 10.7 Å². The quantitative estimate of drug-likeness (QED) is 0.0549. The summed E-state index contributed by atoms with van der Waals surface area (Å²) in [4.78, 5) is 60.1. The van der Waals surface area contributed by atoms with Crippen molar-refractivity contribution in [2.24, 2.45) is 5.16 Å². The van der Waals surface area contributed by atoms with Gasteiger partial charge >= 0.3 is 29.6 Å². The fraction of sp³-hybridized carbons (Fsp3) is 0.421. The van der Waals surface area contributed by atoms with Crippen molar-refractivity contribution in [2.45, 2.75) is 35.7 Å². The number of carbonyl (C=O) groups excluding carboxylic acids is 4. The number of aromatic nitrogens is 5. The Morgan fingerprint density at radius 1 is 1.44 bits per heavy atom. The van der Waals surface area contributed by atoms with Crippen LogP contribution < -0.4 is 45.3 Å². The molecule has 1 unspecified atom stereocenters. The number of H-pyrrole nitrogens is 1. The Labute approximate surface area is 260 Å². The number of amides is 3. The Hall–Kier alpha value is -2.22. The monoisotopic (exact) mass is 623 g/mol. The molecule has 1 fully saturated rings. The van der Waals surface area contributed by atoms with Gasteiger partial charge in [-0.1, -0.05) is 16.9 Å². The zero-order chi connectivity index (χ0) is 27.4. The molecule has 4 rings (SSSR count). The molecule has 4 heterocycles. The minimum Gasteiger partial charge on any atom is -0.543 e. The van der Waals surface area contributed by atoms with Crippen LogP contribution in [0.15, 0.2) is 27.0 Å². The first-order chi connectivity index (χ1) is 18.2. The molecule has 15 nitrogen and oxygen atoms in total. The number of halogens is 1. The number of nitrogens with zero attached hydrogens (tertiary/aromatic N) is 6. The molecular formula is C19H19ClN9NaO6S3. The summed E-state index contributed by atoms with van der Waals surface area (Å²) in [5.41, 5.74) is 0.112. The van der Waals surface area contributed by atoms with Crippen molar-refractivity contribution in [1.82, 2.24) is 35.8 Å². The molecule has 0 spiro atoms. The summed E-state index contributed by atoms with van der Waals surface area (Å²) >= 11 is 9.01. The minimum atomic E-state index is -1.50. The van der Waals surface area contributed by atoms with Crippen LogP contribution in [0.4, 0.5) is 5.13 Å². The van der Waals surface area contributed by atoms with Gasteiger partial charge in [0.15, 0.2) is 10.8 Å². The van der Waals surface area contributed by atoms with Crippen LogP contribution in [0.1, 0.15) is 19.5 Å². The van der Waals surface area contributed by atoms with Crippen LogP contribution in [-0.4, -0.2) is 94.8 Å². The van der Waals surface area contributed by atoms with Gasteiger partial charge in [-0.15, -0.1) is 44.9 Å². The number of β-lactam (4-membered cyclic amide) rings is 1. The summed E-state index contributed by atoms with van der Waals surface area (Å²) in [7, 11) is 0. The first-order valence-electron chi connectivity index (χ1n) is 10.9. The smallest absolute Gasteiger partial charge is 0.543 e. The number of oxime groups is 1. The second kappa shape index (κ2) is 13.9. The summed E-state index contributed by atoms with van der Waals surface area (Å²) < 4.78 is 0. The number of anilines is 1. The van der Waals surface area contributed by atoms with Crippen LogP contribution in [0.5, 0.6) is 0 Å². The zero-order valence-electron chi connectivity index (χ0n) is 20.7. The molecule has 0 aliphatic carbocycles. The van der Waals surface area contributed by atoms with Crippen LogP contribution >= 0.6 is 46.5 Å². The molecule has 202 valence electrons. The number of hydrogen-bond acceptors (Lipinski definition) is 14. The fourth-order valence-electron chi connectivity index (χ4n) is 3.51. The van der Waals surface area contributed by atoms with E-state index in [2.05, 4.69) is 41.4 Å². The molecular weight excluding hydrogens is 605 g/mol. The van der Waals surface area contributed by atoms with Gasteiger partial charge in [0.2, 0.25) is 11.1 Å². The molecule has 20 heteroatoms. The van der Waals surface area contributed by atoms with E-state index in [-0.39, 0.29) is 70.0 Å². The molecule has 3 N–H and O–H groups in total. The van der Waals surface area contributed by atoms with Crippen molar-refractivity contribution in [3.05, 3.63) is 22.3 Å². The number of alkyl halides is 1. The van der Waals surface area contributed by atoms with E-state index in [9.17, 15) is 24.3 Å². The first kappa shape index (κ1) is 31.3. The van der Waals surface area contributed by atoms with Crippen LogP contribution in [0, 0.1) is 0 Å². The Balaban J connectivity index is 0.00000420. The summed E-state index contributed by atoms with van der Waals surface area (Å²) in [5.74, 6) is -3.36. The molecule has 2 aliphatic heterocycles. The summed E-state index contributed by atoms with van der Waals surface area (Å²) in [6, 6.07) is -1.02. The second-order valence-electron chi connectivity index (χ2n) is 7.55. The maximum Gasteiger partial charge on any atom is 1.00 e. The van der Waals surface area contributed by atoms with Gasteiger partial charge in [0.05, 0.1) is 11.7 Å². The van der Waals surface area contributed by atoms with Crippen molar-refractivity contribution in [1.29, 1.82) is 0 Å². The molecule has 2 aromatic rings. The van der Waals surface area contributed by atoms with E-state index in [0.717, 1.165) is 16.2 Å². The average Bonchev–Trinajstić information content (AvgIpc) is 3.58. The molecule has 0 bridgehead atoms. The van der Waals surface area contributed by atoms with Gasteiger partial charge in [-0.2, -0.15) is 5.21 Å². The topological polar surface area (TPSA) is 208 Å². The van der Waals surface area contributed by atoms with E-state index >= 15 is 0 Å². The van der Waals surface area contributed by atoms with Crippen molar-refractivity contribution < 1.29 is 58.7 Å². The maximum absolute atomic E-state index is 13.1. The molecule has 3 amide bonds. The Morgan fingerprint density at radius 2 is 2.21 bits per heavy atom. The van der Waals surface area contributed by atoms with Gasteiger partial charge in [-0.3, -0.25) is 19.3 Å². The van der Waals surface area contributed by atoms with Crippen molar-refractivity contribution in [3.8, 4) is 0 Å². The number of thiazole rings is 1. The molecule has 39 heavy (non-hydrogen) atoms. The molecule has 2 aromatic heterocycles. The van der Waals surface area contributed by atoms with Crippen LogP contribution in [0.25, 0.3) is 0 Å². The molecule has 0 aromatic carbocycles. The molecule has 1 saturated heterocycles. The van der Waals surface area contributed by atoms with Crippen LogP contribution in [0.3, 0.4) is 0 Å². The number of aromatic amines is 1. The number of hydrogen-bond donors (Lipinski definition) is 3. The number of carboxylic acids is 1. The van der Waals surface area contributed by atoms with E-state index in [1.54, 1.807) is 13.8 Å². The Bertz CT molecular complexity index is 1310. The van der Waals surface area contributed by atoms with Crippen LogP contribution in [0.2, 0.25) is 0 Å². The molecule has 2 aliphatic rings. The second-order valence-corrected chi connectivity index (χ2v) is 11.1. The largest absolute Gasteiger partial charge is 1.00 e. The van der Waals surface area contributed by atoms with Gasteiger partial charge in [-0.05, 0) is 24.6 Å². The number of carbonyl (C=O) groups is 4. The van der Waals surface area contributed by atoms with Gasteiger partial charge < -0.3 is 25.4 Å². The van der Waals surface area contributed by atoms with Crippen molar-refractivity contribution >= 4 is 81.0 Å². The number of nitrogens with one attached hydrogen (secondary N) is 3. The molecule has 0 radical (unpaired) electrons. The average molecular weight is 624 g/mol.